The lowest BCUT2D eigenvalue weighted by Crippen LogP contribution is -2.31. The molecule has 0 radical (unpaired) electrons. The molecule has 4 rings (SSSR count). The van der Waals surface area contributed by atoms with E-state index in [1.165, 1.54) is 4.31 Å². The smallest absolute Gasteiger partial charge is 0.243 e. The van der Waals surface area contributed by atoms with Crippen molar-refractivity contribution in [2.75, 3.05) is 19.7 Å². The van der Waals surface area contributed by atoms with E-state index in [0.717, 1.165) is 17.7 Å². The number of nitrogens with zero attached hydrogens (tertiary/aromatic N) is 2. The van der Waals surface area contributed by atoms with Gasteiger partial charge in [-0.3, -0.25) is 0 Å². The van der Waals surface area contributed by atoms with Crippen LogP contribution in [0.5, 0.6) is 11.6 Å². The summed E-state index contributed by atoms with van der Waals surface area (Å²) >= 11 is 0. The van der Waals surface area contributed by atoms with Crippen LogP contribution in [0.1, 0.15) is 12.0 Å². The first-order valence-corrected chi connectivity index (χ1v) is 9.40. The highest BCUT2D eigenvalue weighted by molar-refractivity contribution is 7.89. The summed E-state index contributed by atoms with van der Waals surface area (Å²) in [4.78, 5) is 4.45. The molecule has 0 bridgehead atoms. The van der Waals surface area contributed by atoms with E-state index in [1.54, 1.807) is 30.5 Å². The second kappa shape index (κ2) is 6.07. The van der Waals surface area contributed by atoms with Crippen LogP contribution >= 0.6 is 0 Å². The van der Waals surface area contributed by atoms with Gasteiger partial charge in [0.15, 0.2) is 0 Å². The number of hydrogen-bond donors (Lipinski definition) is 0. The molecule has 1 unspecified atom stereocenters. The number of fused-ring (bicyclic) bond motifs is 1. The van der Waals surface area contributed by atoms with Gasteiger partial charge in [-0.2, -0.15) is 4.31 Å². The van der Waals surface area contributed by atoms with Crippen molar-refractivity contribution >= 4 is 10.0 Å². The molecule has 1 saturated heterocycles. The molecule has 2 aromatic rings. The molecule has 0 spiro atoms. The first kappa shape index (κ1) is 15.4. The Labute approximate surface area is 141 Å². The summed E-state index contributed by atoms with van der Waals surface area (Å²) in [7, 11) is -3.51. The number of sulfonamides is 1. The van der Waals surface area contributed by atoms with Gasteiger partial charge in [0.25, 0.3) is 0 Å². The molecule has 2 aliphatic rings. The van der Waals surface area contributed by atoms with Gasteiger partial charge in [-0.25, -0.2) is 13.4 Å². The Morgan fingerprint density at radius 2 is 2.17 bits per heavy atom. The maximum Gasteiger partial charge on any atom is 0.243 e. The second-order valence-corrected chi connectivity index (χ2v) is 7.87. The van der Waals surface area contributed by atoms with E-state index < -0.39 is 10.0 Å². The summed E-state index contributed by atoms with van der Waals surface area (Å²) < 4.78 is 38.4. The minimum absolute atomic E-state index is 0.174. The Morgan fingerprint density at radius 3 is 3.00 bits per heavy atom. The number of pyridine rings is 1. The van der Waals surface area contributed by atoms with E-state index in [4.69, 9.17) is 9.47 Å². The van der Waals surface area contributed by atoms with Gasteiger partial charge in [0.2, 0.25) is 15.9 Å². The van der Waals surface area contributed by atoms with Crippen LogP contribution in [0.15, 0.2) is 47.5 Å². The molecule has 3 heterocycles. The Balaban J connectivity index is 1.49. The standard InChI is InChI=1S/C17H18N2O4S/c20-24(21,15-4-5-16-13(11-15)7-10-22-16)19-9-6-14(12-19)23-17-3-1-2-8-18-17/h1-5,8,11,14H,6-7,9-10,12H2. The molecule has 2 aliphatic heterocycles. The zero-order valence-corrected chi connectivity index (χ0v) is 13.9. The van der Waals surface area contributed by atoms with Gasteiger partial charge in [0.05, 0.1) is 18.0 Å². The zero-order chi connectivity index (χ0) is 16.6. The highest BCUT2D eigenvalue weighted by Crippen LogP contribution is 2.30. The summed E-state index contributed by atoms with van der Waals surface area (Å²) in [6, 6.07) is 10.5. The number of ether oxygens (including phenoxy) is 2. The molecule has 7 heteroatoms. The molecular formula is C17H18N2O4S. The molecule has 0 saturated carbocycles. The average molecular weight is 346 g/mol. The summed E-state index contributed by atoms with van der Waals surface area (Å²) in [6.07, 6.45) is 2.90. The van der Waals surface area contributed by atoms with Crippen LogP contribution in [-0.4, -0.2) is 43.5 Å². The third-order valence-corrected chi connectivity index (χ3v) is 6.19. The molecule has 0 N–H and O–H groups in total. The fourth-order valence-electron chi connectivity index (χ4n) is 3.07. The van der Waals surface area contributed by atoms with Crippen LogP contribution in [0.2, 0.25) is 0 Å². The van der Waals surface area contributed by atoms with Crippen molar-refractivity contribution in [3.05, 3.63) is 48.2 Å². The molecule has 1 aromatic carbocycles. The Bertz CT molecular complexity index is 839. The average Bonchev–Trinajstić information content (AvgIpc) is 3.24. The Morgan fingerprint density at radius 1 is 1.25 bits per heavy atom. The van der Waals surface area contributed by atoms with Crippen LogP contribution in [0.25, 0.3) is 0 Å². The van der Waals surface area contributed by atoms with E-state index in [1.807, 2.05) is 12.1 Å². The molecule has 126 valence electrons. The van der Waals surface area contributed by atoms with E-state index in [9.17, 15) is 8.42 Å². The predicted molar refractivity (Wildman–Crippen MR) is 87.7 cm³/mol. The Hall–Kier alpha value is -2.12. The van der Waals surface area contributed by atoms with Gasteiger partial charge in [-0.1, -0.05) is 6.07 Å². The van der Waals surface area contributed by atoms with Crippen molar-refractivity contribution in [3.8, 4) is 11.6 Å². The normalized spacial score (nSPS) is 20.6. The summed E-state index contributed by atoms with van der Waals surface area (Å²) in [5.74, 6) is 1.31. The monoisotopic (exact) mass is 346 g/mol. The van der Waals surface area contributed by atoms with Crippen molar-refractivity contribution in [3.63, 3.8) is 0 Å². The maximum absolute atomic E-state index is 12.8. The van der Waals surface area contributed by atoms with E-state index in [-0.39, 0.29) is 6.10 Å². The highest BCUT2D eigenvalue weighted by Gasteiger charge is 2.34. The van der Waals surface area contributed by atoms with Gasteiger partial charge in [0.1, 0.15) is 11.9 Å². The first-order chi connectivity index (χ1) is 11.6. The van der Waals surface area contributed by atoms with Crippen LogP contribution in [0, 0.1) is 0 Å². The molecular weight excluding hydrogens is 328 g/mol. The van der Waals surface area contributed by atoms with Crippen molar-refractivity contribution in [2.45, 2.75) is 23.8 Å². The van der Waals surface area contributed by atoms with Crippen molar-refractivity contribution < 1.29 is 17.9 Å². The fourth-order valence-corrected chi connectivity index (χ4v) is 4.61. The highest BCUT2D eigenvalue weighted by atomic mass is 32.2. The van der Waals surface area contributed by atoms with E-state index in [2.05, 4.69) is 4.98 Å². The Kier molecular flexibility index (Phi) is 3.90. The predicted octanol–water partition coefficient (Wildman–Crippen LogP) is 1.86. The van der Waals surface area contributed by atoms with Crippen molar-refractivity contribution in [1.29, 1.82) is 0 Å². The largest absolute Gasteiger partial charge is 0.493 e. The van der Waals surface area contributed by atoms with Gasteiger partial charge in [-0.05, 0) is 36.2 Å². The van der Waals surface area contributed by atoms with Gasteiger partial charge < -0.3 is 9.47 Å². The van der Waals surface area contributed by atoms with Crippen molar-refractivity contribution in [2.24, 2.45) is 0 Å². The molecule has 6 nitrogen and oxygen atoms in total. The molecule has 0 aliphatic carbocycles. The van der Waals surface area contributed by atoms with Crippen LogP contribution < -0.4 is 9.47 Å². The number of rotatable bonds is 4. The van der Waals surface area contributed by atoms with Gasteiger partial charge in [-0.15, -0.1) is 0 Å². The topological polar surface area (TPSA) is 68.7 Å². The van der Waals surface area contributed by atoms with Crippen LogP contribution in [0.4, 0.5) is 0 Å². The molecule has 0 amide bonds. The molecule has 1 atom stereocenters. The van der Waals surface area contributed by atoms with Crippen molar-refractivity contribution in [1.82, 2.24) is 9.29 Å². The fraction of sp³-hybridized carbons (Fsp3) is 0.353. The summed E-state index contributed by atoms with van der Waals surface area (Å²) in [5, 5.41) is 0. The third kappa shape index (κ3) is 2.85. The number of benzene rings is 1. The maximum atomic E-state index is 12.8. The lowest BCUT2D eigenvalue weighted by atomic mass is 10.2. The van der Waals surface area contributed by atoms with Gasteiger partial charge >= 0.3 is 0 Å². The quantitative estimate of drug-likeness (QED) is 0.845. The lowest BCUT2D eigenvalue weighted by molar-refractivity contribution is 0.207. The van der Waals surface area contributed by atoms with E-state index >= 15 is 0 Å². The van der Waals surface area contributed by atoms with Crippen LogP contribution in [0.3, 0.4) is 0 Å². The first-order valence-electron chi connectivity index (χ1n) is 7.96. The lowest BCUT2D eigenvalue weighted by Gasteiger charge is -2.17. The minimum atomic E-state index is -3.51. The number of aromatic nitrogens is 1. The zero-order valence-electron chi connectivity index (χ0n) is 13.1. The number of hydrogen-bond acceptors (Lipinski definition) is 5. The SMILES string of the molecule is O=S(=O)(c1ccc2c(c1)CCO2)N1CCC(Oc2ccccn2)C1. The molecule has 1 aromatic heterocycles. The molecule has 24 heavy (non-hydrogen) atoms. The van der Waals surface area contributed by atoms with E-state index in [0.29, 0.717) is 36.9 Å². The molecule has 1 fully saturated rings. The summed E-state index contributed by atoms with van der Waals surface area (Å²) in [6.45, 7) is 1.41. The van der Waals surface area contributed by atoms with Crippen LogP contribution in [-0.2, 0) is 16.4 Å². The second-order valence-electron chi connectivity index (χ2n) is 5.93. The van der Waals surface area contributed by atoms with Gasteiger partial charge in [0, 0.05) is 25.2 Å². The summed E-state index contributed by atoms with van der Waals surface area (Å²) in [5.41, 5.74) is 0.955. The minimum Gasteiger partial charge on any atom is -0.493 e. The third-order valence-electron chi connectivity index (χ3n) is 4.33.